The number of carbonyl (C=O) groups excluding carboxylic acids is 1. The quantitative estimate of drug-likeness (QED) is 0.295. The van der Waals surface area contributed by atoms with Crippen LogP contribution in [0.5, 0.6) is 5.75 Å². The number of allylic oxidation sites excluding steroid dienone is 1. The number of nitrogens with zero attached hydrogens (tertiary/aromatic N) is 3. The van der Waals surface area contributed by atoms with Crippen LogP contribution in [-0.4, -0.2) is 36.9 Å². The number of carbonyl (C=O) groups is 1. The zero-order chi connectivity index (χ0) is 25.7. The highest BCUT2D eigenvalue weighted by molar-refractivity contribution is 7.89. The minimum Gasteiger partial charge on any atom is -0.497 e. The maximum Gasteiger partial charge on any atom is 0.279 e. The van der Waals surface area contributed by atoms with Crippen LogP contribution in [0.25, 0.3) is 10.2 Å². The maximum atomic E-state index is 13.2. The largest absolute Gasteiger partial charge is 0.497 e. The van der Waals surface area contributed by atoms with Gasteiger partial charge in [0.1, 0.15) is 5.75 Å². The number of fused-ring (bicyclic) bond motifs is 1. The van der Waals surface area contributed by atoms with E-state index in [0.29, 0.717) is 23.5 Å². The van der Waals surface area contributed by atoms with E-state index in [0.717, 1.165) is 21.5 Å². The van der Waals surface area contributed by atoms with Gasteiger partial charge in [0, 0.05) is 25.2 Å². The topological polar surface area (TPSA) is 81.0 Å². The zero-order valence-electron chi connectivity index (χ0n) is 20.1. The predicted molar refractivity (Wildman–Crippen MR) is 143 cm³/mol. The molecule has 186 valence electrons. The summed E-state index contributed by atoms with van der Waals surface area (Å²) in [7, 11) is -2.12. The van der Waals surface area contributed by atoms with Gasteiger partial charge >= 0.3 is 0 Å². The summed E-state index contributed by atoms with van der Waals surface area (Å²) in [6.07, 6.45) is 1.74. The molecule has 0 spiro atoms. The van der Waals surface area contributed by atoms with Crippen molar-refractivity contribution in [3.8, 4) is 5.75 Å². The summed E-state index contributed by atoms with van der Waals surface area (Å²) in [5.41, 5.74) is 2.13. The SMILES string of the molecule is C=CCn1c(=NC(=O)c2ccc(S(=O)(=O)N(CC)Cc3ccccc3)cc2)sc2cc(OC)ccc21. The van der Waals surface area contributed by atoms with E-state index in [1.165, 1.54) is 39.9 Å². The van der Waals surface area contributed by atoms with Crippen LogP contribution in [-0.2, 0) is 23.1 Å². The number of methoxy groups -OCH3 is 1. The highest BCUT2D eigenvalue weighted by Crippen LogP contribution is 2.24. The van der Waals surface area contributed by atoms with Crippen LogP contribution >= 0.6 is 11.3 Å². The number of thiazole rings is 1. The Morgan fingerprint density at radius 1 is 1.11 bits per heavy atom. The Bertz CT molecular complexity index is 1550. The van der Waals surface area contributed by atoms with E-state index in [1.807, 2.05) is 53.1 Å². The highest BCUT2D eigenvalue weighted by Gasteiger charge is 2.23. The number of hydrogen-bond acceptors (Lipinski definition) is 5. The van der Waals surface area contributed by atoms with Crippen LogP contribution in [0.15, 0.2) is 95.3 Å². The normalized spacial score (nSPS) is 12.2. The summed E-state index contributed by atoms with van der Waals surface area (Å²) in [4.78, 5) is 18.0. The lowest BCUT2D eigenvalue weighted by atomic mass is 10.2. The first-order chi connectivity index (χ1) is 17.4. The Kier molecular flexibility index (Phi) is 7.83. The molecule has 0 bridgehead atoms. The van der Waals surface area contributed by atoms with Crippen LogP contribution in [0.3, 0.4) is 0 Å². The number of ether oxygens (including phenoxy) is 1. The highest BCUT2D eigenvalue weighted by atomic mass is 32.2. The number of benzene rings is 3. The summed E-state index contributed by atoms with van der Waals surface area (Å²) in [5.74, 6) is 0.268. The van der Waals surface area contributed by atoms with Gasteiger partial charge in [0.15, 0.2) is 4.80 Å². The second-order valence-electron chi connectivity index (χ2n) is 7.98. The van der Waals surface area contributed by atoms with Crippen LogP contribution in [0.1, 0.15) is 22.8 Å². The van der Waals surface area contributed by atoms with E-state index in [4.69, 9.17) is 4.74 Å². The van der Waals surface area contributed by atoms with Gasteiger partial charge in [-0.1, -0.05) is 54.7 Å². The lowest BCUT2D eigenvalue weighted by molar-refractivity contribution is 0.0997. The lowest BCUT2D eigenvalue weighted by Gasteiger charge is -2.20. The third-order valence-electron chi connectivity index (χ3n) is 5.69. The van der Waals surface area contributed by atoms with Gasteiger partial charge in [0.2, 0.25) is 10.0 Å². The third-order valence-corrected chi connectivity index (χ3v) is 8.67. The molecular weight excluding hydrogens is 494 g/mol. The molecule has 0 radical (unpaired) electrons. The average molecular weight is 522 g/mol. The zero-order valence-corrected chi connectivity index (χ0v) is 21.8. The first-order valence-corrected chi connectivity index (χ1v) is 13.6. The van der Waals surface area contributed by atoms with Crippen molar-refractivity contribution in [3.05, 3.63) is 101 Å². The molecular formula is C27H27N3O4S2. The number of amides is 1. The Labute approximate surface area is 214 Å². The van der Waals surface area contributed by atoms with E-state index >= 15 is 0 Å². The number of sulfonamides is 1. The molecule has 0 N–H and O–H groups in total. The maximum absolute atomic E-state index is 13.2. The van der Waals surface area contributed by atoms with E-state index in [2.05, 4.69) is 11.6 Å². The van der Waals surface area contributed by atoms with Gasteiger partial charge in [-0.25, -0.2) is 8.42 Å². The molecule has 1 heterocycles. The monoisotopic (exact) mass is 521 g/mol. The number of hydrogen-bond donors (Lipinski definition) is 0. The van der Waals surface area contributed by atoms with E-state index < -0.39 is 15.9 Å². The fraction of sp³-hybridized carbons (Fsp3) is 0.185. The molecule has 0 aliphatic carbocycles. The van der Waals surface area contributed by atoms with E-state index in [1.54, 1.807) is 20.1 Å². The van der Waals surface area contributed by atoms with Crippen molar-refractivity contribution in [2.45, 2.75) is 24.9 Å². The second kappa shape index (κ2) is 11.0. The summed E-state index contributed by atoms with van der Waals surface area (Å²) in [6.45, 7) is 6.70. The molecule has 0 unspecified atom stereocenters. The molecule has 9 heteroatoms. The van der Waals surface area contributed by atoms with Crippen LogP contribution < -0.4 is 9.54 Å². The van der Waals surface area contributed by atoms with Crippen molar-refractivity contribution in [2.75, 3.05) is 13.7 Å². The van der Waals surface area contributed by atoms with Gasteiger partial charge in [-0.3, -0.25) is 4.79 Å². The second-order valence-corrected chi connectivity index (χ2v) is 10.9. The molecule has 0 saturated heterocycles. The summed E-state index contributed by atoms with van der Waals surface area (Å²) < 4.78 is 36.0. The molecule has 1 amide bonds. The first-order valence-electron chi connectivity index (χ1n) is 11.4. The molecule has 1 aromatic heterocycles. The molecule has 0 aliphatic rings. The summed E-state index contributed by atoms with van der Waals surface area (Å²) in [6, 6.07) is 21.0. The fourth-order valence-corrected chi connectivity index (χ4v) is 6.30. The Morgan fingerprint density at radius 3 is 2.47 bits per heavy atom. The number of aromatic nitrogens is 1. The molecule has 0 saturated carbocycles. The average Bonchev–Trinajstić information content (AvgIpc) is 3.23. The standard InChI is InChI=1S/C27H27N3O4S2/c1-4-17-30-24-16-13-22(34-3)18-25(24)35-27(30)28-26(31)21-11-14-23(15-12-21)36(32,33)29(5-2)19-20-9-7-6-8-10-20/h4,6-16,18H,1,5,17,19H2,2-3H3. The molecule has 7 nitrogen and oxygen atoms in total. The minimum absolute atomic E-state index is 0.132. The van der Waals surface area contributed by atoms with Gasteiger partial charge in [0.25, 0.3) is 5.91 Å². The lowest BCUT2D eigenvalue weighted by Crippen LogP contribution is -2.30. The van der Waals surface area contributed by atoms with Gasteiger partial charge in [-0.2, -0.15) is 9.30 Å². The summed E-state index contributed by atoms with van der Waals surface area (Å²) in [5, 5.41) is 0. The van der Waals surface area contributed by atoms with Crippen molar-refractivity contribution in [1.29, 1.82) is 0 Å². The Balaban J connectivity index is 1.62. The van der Waals surface area contributed by atoms with Crippen molar-refractivity contribution in [2.24, 2.45) is 4.99 Å². The van der Waals surface area contributed by atoms with Crippen LogP contribution in [0.2, 0.25) is 0 Å². The predicted octanol–water partition coefficient (Wildman–Crippen LogP) is 4.85. The van der Waals surface area contributed by atoms with Gasteiger partial charge < -0.3 is 9.30 Å². The number of rotatable bonds is 9. The molecule has 0 aliphatic heterocycles. The van der Waals surface area contributed by atoms with Gasteiger partial charge in [-0.15, -0.1) is 6.58 Å². The van der Waals surface area contributed by atoms with Crippen molar-refractivity contribution in [3.63, 3.8) is 0 Å². The van der Waals surface area contributed by atoms with Crippen molar-refractivity contribution >= 4 is 37.5 Å². The van der Waals surface area contributed by atoms with Crippen molar-refractivity contribution < 1.29 is 17.9 Å². The van der Waals surface area contributed by atoms with Crippen LogP contribution in [0.4, 0.5) is 0 Å². The van der Waals surface area contributed by atoms with Crippen molar-refractivity contribution in [1.82, 2.24) is 8.87 Å². The molecule has 0 atom stereocenters. The van der Waals surface area contributed by atoms with Gasteiger partial charge in [0.05, 0.1) is 22.2 Å². The van der Waals surface area contributed by atoms with E-state index in [9.17, 15) is 13.2 Å². The molecule has 3 aromatic carbocycles. The first kappa shape index (κ1) is 25.6. The van der Waals surface area contributed by atoms with Gasteiger partial charge in [-0.05, 0) is 48.0 Å². The smallest absolute Gasteiger partial charge is 0.279 e. The fourth-order valence-electron chi connectivity index (χ4n) is 3.80. The third kappa shape index (κ3) is 5.33. The molecule has 0 fully saturated rings. The summed E-state index contributed by atoms with van der Waals surface area (Å²) >= 11 is 1.38. The van der Waals surface area contributed by atoms with Crippen LogP contribution in [0, 0.1) is 0 Å². The molecule has 36 heavy (non-hydrogen) atoms. The van der Waals surface area contributed by atoms with E-state index in [-0.39, 0.29) is 11.4 Å². The Hall–Kier alpha value is -3.53. The Morgan fingerprint density at radius 2 is 1.83 bits per heavy atom. The molecule has 4 rings (SSSR count). The molecule has 4 aromatic rings. The minimum atomic E-state index is -3.72.